The highest BCUT2D eigenvalue weighted by Gasteiger charge is 2.26. The van der Waals surface area contributed by atoms with E-state index in [2.05, 4.69) is 20.0 Å². The van der Waals surface area contributed by atoms with E-state index in [1.54, 1.807) is 30.5 Å². The first-order chi connectivity index (χ1) is 10.2. The smallest absolute Gasteiger partial charge is 0.214 e. The van der Waals surface area contributed by atoms with Gasteiger partial charge >= 0.3 is 0 Å². The number of nitrogens with zero attached hydrogens (tertiary/aromatic N) is 5. The second-order valence-electron chi connectivity index (χ2n) is 4.22. The monoisotopic (exact) mass is 277 g/mol. The summed E-state index contributed by atoms with van der Waals surface area (Å²) in [4.78, 5) is 34.9. The number of allylic oxidation sites excluding steroid dienone is 2. The highest BCUT2D eigenvalue weighted by molar-refractivity contribution is 6.23. The van der Waals surface area contributed by atoms with Crippen LogP contribution < -0.4 is 0 Å². The summed E-state index contributed by atoms with van der Waals surface area (Å²) in [5, 5.41) is 3.23. The Labute approximate surface area is 118 Å². The molecule has 0 atom stereocenters. The van der Waals surface area contributed by atoms with Crippen LogP contribution in [0.3, 0.4) is 0 Å². The Kier molecular flexibility index (Phi) is 3.02. The van der Waals surface area contributed by atoms with Crippen molar-refractivity contribution in [1.29, 1.82) is 0 Å². The molecule has 0 saturated heterocycles. The molecule has 0 aliphatic heterocycles. The third-order valence-electron chi connectivity index (χ3n) is 2.96. The van der Waals surface area contributed by atoms with E-state index in [-0.39, 0.29) is 17.0 Å². The first kappa shape index (κ1) is 12.7. The fourth-order valence-corrected chi connectivity index (χ4v) is 2.00. The van der Waals surface area contributed by atoms with E-state index in [0.717, 1.165) is 6.08 Å². The minimum Gasteiger partial charge on any atom is -0.289 e. The maximum Gasteiger partial charge on any atom is 0.214 e. The Morgan fingerprint density at radius 3 is 2.67 bits per heavy atom. The van der Waals surface area contributed by atoms with Crippen molar-refractivity contribution in [3.63, 3.8) is 0 Å². The lowest BCUT2D eigenvalue weighted by Gasteiger charge is -2.12. The summed E-state index contributed by atoms with van der Waals surface area (Å²) < 4.78 is 0. The van der Waals surface area contributed by atoms with Gasteiger partial charge in [0.1, 0.15) is 5.69 Å². The molecule has 2 aromatic rings. The van der Waals surface area contributed by atoms with Crippen LogP contribution in [0.1, 0.15) is 20.8 Å². The normalized spacial score (nSPS) is 13.2. The predicted molar refractivity (Wildman–Crippen MR) is 73.4 cm³/mol. The first-order valence-corrected chi connectivity index (χ1v) is 5.99. The van der Waals surface area contributed by atoms with Crippen LogP contribution in [-0.4, -0.2) is 21.5 Å². The predicted octanol–water partition coefficient (Wildman–Crippen LogP) is 2.72. The Morgan fingerprint density at radius 1 is 1.10 bits per heavy atom. The SMILES string of the molecule is [N-]=[N+]=NC1=CC(=O)c2ccc(-c3ccccn3)nc2C1=O. The second kappa shape index (κ2) is 4.99. The van der Waals surface area contributed by atoms with Gasteiger partial charge in [-0.3, -0.25) is 14.6 Å². The molecular weight excluding hydrogens is 270 g/mol. The highest BCUT2D eigenvalue weighted by Crippen LogP contribution is 2.24. The Morgan fingerprint density at radius 2 is 1.95 bits per heavy atom. The number of Topliss-reactive ketones (excluding diaryl/α,β-unsaturated/α-hetero) is 1. The maximum atomic E-state index is 12.2. The van der Waals surface area contributed by atoms with Crippen molar-refractivity contribution in [2.75, 3.05) is 0 Å². The van der Waals surface area contributed by atoms with Gasteiger partial charge in [0.15, 0.2) is 5.78 Å². The molecule has 1 aliphatic rings. The standard InChI is InChI=1S/C14H7N5O2/c15-19-18-11-7-12(20)8-4-5-10(17-13(8)14(11)21)9-3-1-2-6-16-9/h1-7H. The molecular formula is C14H7N5O2. The molecule has 2 aromatic heterocycles. The zero-order valence-electron chi connectivity index (χ0n) is 10.6. The average molecular weight is 277 g/mol. The summed E-state index contributed by atoms with van der Waals surface area (Å²) in [5.41, 5.74) is 9.40. The van der Waals surface area contributed by atoms with E-state index in [1.165, 1.54) is 6.07 Å². The largest absolute Gasteiger partial charge is 0.289 e. The van der Waals surface area contributed by atoms with E-state index in [0.29, 0.717) is 11.4 Å². The molecule has 21 heavy (non-hydrogen) atoms. The van der Waals surface area contributed by atoms with Gasteiger partial charge < -0.3 is 0 Å². The fraction of sp³-hybridized carbons (Fsp3) is 0. The Hall–Kier alpha value is -3.31. The molecule has 0 aromatic carbocycles. The Bertz CT molecular complexity index is 836. The zero-order valence-corrected chi connectivity index (χ0v) is 10.6. The number of ketones is 2. The van der Waals surface area contributed by atoms with Crippen molar-refractivity contribution < 1.29 is 9.59 Å². The van der Waals surface area contributed by atoms with E-state index >= 15 is 0 Å². The van der Waals surface area contributed by atoms with Gasteiger partial charge in [0.2, 0.25) is 5.78 Å². The van der Waals surface area contributed by atoms with Gasteiger partial charge in [0, 0.05) is 11.1 Å². The van der Waals surface area contributed by atoms with E-state index < -0.39 is 11.6 Å². The third-order valence-corrected chi connectivity index (χ3v) is 2.96. The van der Waals surface area contributed by atoms with Gasteiger partial charge in [-0.15, -0.1) is 0 Å². The minimum absolute atomic E-state index is 0.0203. The Balaban J connectivity index is 2.14. The van der Waals surface area contributed by atoms with Crippen LogP contribution in [0.15, 0.2) is 53.4 Å². The van der Waals surface area contributed by atoms with Crippen molar-refractivity contribution >= 4 is 11.6 Å². The second-order valence-corrected chi connectivity index (χ2v) is 4.22. The molecule has 0 unspecified atom stereocenters. The molecule has 100 valence electrons. The average Bonchev–Trinajstić information content (AvgIpc) is 2.53. The molecule has 1 aliphatic carbocycles. The molecule has 0 saturated carbocycles. The van der Waals surface area contributed by atoms with Gasteiger partial charge in [-0.1, -0.05) is 11.2 Å². The van der Waals surface area contributed by atoms with Crippen molar-refractivity contribution in [2.24, 2.45) is 5.11 Å². The fourth-order valence-electron chi connectivity index (χ4n) is 2.00. The van der Waals surface area contributed by atoms with E-state index in [4.69, 9.17) is 5.53 Å². The van der Waals surface area contributed by atoms with Crippen LogP contribution in [-0.2, 0) is 0 Å². The van der Waals surface area contributed by atoms with Crippen LogP contribution in [0.5, 0.6) is 0 Å². The summed E-state index contributed by atoms with van der Waals surface area (Å²) in [6.07, 6.45) is 2.63. The van der Waals surface area contributed by atoms with Gasteiger partial charge in [0.05, 0.1) is 22.6 Å². The molecule has 0 amide bonds. The number of azide groups is 1. The number of hydrogen-bond donors (Lipinski definition) is 0. The molecule has 0 bridgehead atoms. The van der Waals surface area contributed by atoms with Crippen molar-refractivity contribution in [3.05, 3.63) is 70.0 Å². The molecule has 7 heteroatoms. The molecule has 0 spiro atoms. The summed E-state index contributed by atoms with van der Waals surface area (Å²) in [6.45, 7) is 0. The summed E-state index contributed by atoms with van der Waals surface area (Å²) >= 11 is 0. The van der Waals surface area contributed by atoms with Crippen LogP contribution >= 0.6 is 0 Å². The highest BCUT2D eigenvalue weighted by atomic mass is 16.1. The van der Waals surface area contributed by atoms with E-state index in [1.807, 2.05) is 0 Å². The number of fused-ring (bicyclic) bond motifs is 1. The van der Waals surface area contributed by atoms with Crippen LogP contribution in [0.2, 0.25) is 0 Å². The first-order valence-electron chi connectivity index (χ1n) is 5.99. The molecule has 7 nitrogen and oxygen atoms in total. The lowest BCUT2D eigenvalue weighted by molar-refractivity contribution is 0.0979. The molecule has 0 radical (unpaired) electrons. The molecule has 0 fully saturated rings. The minimum atomic E-state index is -0.569. The van der Waals surface area contributed by atoms with Gasteiger partial charge in [-0.05, 0) is 35.9 Å². The topological polar surface area (TPSA) is 109 Å². The number of aromatic nitrogens is 2. The number of hydrogen-bond acceptors (Lipinski definition) is 5. The molecule has 2 heterocycles. The van der Waals surface area contributed by atoms with Crippen LogP contribution in [0.4, 0.5) is 0 Å². The summed E-state index contributed by atoms with van der Waals surface area (Å²) in [5.74, 6) is -0.979. The van der Waals surface area contributed by atoms with Gasteiger partial charge in [-0.25, -0.2) is 4.98 Å². The van der Waals surface area contributed by atoms with Crippen LogP contribution in [0, 0.1) is 0 Å². The van der Waals surface area contributed by atoms with Gasteiger partial charge in [0.25, 0.3) is 0 Å². The lowest BCUT2D eigenvalue weighted by Crippen LogP contribution is -2.18. The third kappa shape index (κ3) is 2.18. The molecule has 3 rings (SSSR count). The number of rotatable bonds is 2. The van der Waals surface area contributed by atoms with Crippen molar-refractivity contribution in [2.45, 2.75) is 0 Å². The summed E-state index contributed by atoms with van der Waals surface area (Å²) in [6, 6.07) is 8.45. The maximum absolute atomic E-state index is 12.2. The summed E-state index contributed by atoms with van der Waals surface area (Å²) in [7, 11) is 0. The number of carbonyl (C=O) groups is 2. The van der Waals surface area contributed by atoms with Gasteiger partial charge in [-0.2, -0.15) is 0 Å². The molecule has 0 N–H and O–H groups in total. The number of carbonyl (C=O) groups excluding carboxylic acids is 2. The van der Waals surface area contributed by atoms with Crippen LogP contribution in [0.25, 0.3) is 21.8 Å². The lowest BCUT2D eigenvalue weighted by atomic mass is 9.97. The quantitative estimate of drug-likeness (QED) is 0.477. The van der Waals surface area contributed by atoms with E-state index in [9.17, 15) is 9.59 Å². The van der Waals surface area contributed by atoms with Crippen molar-refractivity contribution in [1.82, 2.24) is 9.97 Å². The number of pyridine rings is 2. The zero-order chi connectivity index (χ0) is 14.8. The van der Waals surface area contributed by atoms with Crippen molar-refractivity contribution in [3.8, 4) is 11.4 Å².